The third-order valence-electron chi connectivity index (χ3n) is 3.85. The summed E-state index contributed by atoms with van der Waals surface area (Å²) in [5.74, 6) is 2.25. The molecule has 0 saturated heterocycles. The van der Waals surface area contributed by atoms with Gasteiger partial charge in [-0.25, -0.2) is 0 Å². The molecular formula is C16H21N3OS. The number of nitrogens with two attached hydrogens (primary N) is 1. The topological polar surface area (TPSA) is 64.9 Å². The van der Waals surface area contributed by atoms with Crippen molar-refractivity contribution in [2.75, 3.05) is 6.54 Å². The minimum atomic E-state index is 0.608. The van der Waals surface area contributed by atoms with Crippen molar-refractivity contribution in [1.82, 2.24) is 10.1 Å². The molecule has 5 heteroatoms. The van der Waals surface area contributed by atoms with Gasteiger partial charge in [0.15, 0.2) is 5.82 Å². The van der Waals surface area contributed by atoms with Gasteiger partial charge in [-0.3, -0.25) is 0 Å². The number of thioether (sulfide) groups is 1. The Kier molecular flexibility index (Phi) is 4.93. The van der Waals surface area contributed by atoms with Gasteiger partial charge in [0.05, 0.1) is 5.75 Å². The fourth-order valence-corrected chi connectivity index (χ4v) is 3.83. The largest absolute Gasteiger partial charge is 0.334 e. The third kappa shape index (κ3) is 3.86. The van der Waals surface area contributed by atoms with Crippen LogP contribution in [0.4, 0.5) is 0 Å². The van der Waals surface area contributed by atoms with E-state index in [1.165, 1.54) is 31.2 Å². The number of benzene rings is 1. The molecule has 0 atom stereocenters. The van der Waals surface area contributed by atoms with Gasteiger partial charge in [-0.15, -0.1) is 0 Å². The number of rotatable bonds is 6. The molecule has 1 heterocycles. The minimum absolute atomic E-state index is 0.608. The van der Waals surface area contributed by atoms with Gasteiger partial charge in [0, 0.05) is 10.8 Å². The van der Waals surface area contributed by atoms with Crippen LogP contribution in [0.15, 0.2) is 28.8 Å². The molecule has 3 rings (SSSR count). The van der Waals surface area contributed by atoms with E-state index in [9.17, 15) is 0 Å². The highest BCUT2D eigenvalue weighted by Crippen LogP contribution is 2.31. The van der Waals surface area contributed by atoms with Crippen LogP contribution in [0.2, 0.25) is 0 Å². The quantitative estimate of drug-likeness (QED) is 0.886. The fourth-order valence-electron chi connectivity index (χ4n) is 2.66. The molecule has 2 aromatic rings. The van der Waals surface area contributed by atoms with E-state index >= 15 is 0 Å². The van der Waals surface area contributed by atoms with Crippen molar-refractivity contribution in [2.45, 2.75) is 43.1 Å². The molecule has 1 aliphatic rings. The standard InChI is InChI=1S/C16H21N3OS/c17-10-9-12-5-7-13(8-6-12)16-18-15(19-20-16)11-21-14-3-1-2-4-14/h5-8,14H,1-4,9-11,17H2. The zero-order valence-corrected chi connectivity index (χ0v) is 12.9. The van der Waals surface area contributed by atoms with Crippen molar-refractivity contribution in [1.29, 1.82) is 0 Å². The van der Waals surface area contributed by atoms with Crippen molar-refractivity contribution in [3.8, 4) is 11.5 Å². The van der Waals surface area contributed by atoms with E-state index in [4.69, 9.17) is 10.3 Å². The SMILES string of the molecule is NCCc1ccc(-c2nc(CSC3CCCC3)no2)cc1. The number of hydrogen-bond donors (Lipinski definition) is 1. The summed E-state index contributed by atoms with van der Waals surface area (Å²) < 4.78 is 5.37. The van der Waals surface area contributed by atoms with E-state index in [1.807, 2.05) is 23.9 Å². The van der Waals surface area contributed by atoms with E-state index in [-0.39, 0.29) is 0 Å². The lowest BCUT2D eigenvalue weighted by molar-refractivity contribution is 0.425. The van der Waals surface area contributed by atoms with Crippen LogP contribution in [-0.2, 0) is 12.2 Å². The first-order valence-corrected chi connectivity index (χ1v) is 8.63. The summed E-state index contributed by atoms with van der Waals surface area (Å²) in [4.78, 5) is 4.49. The van der Waals surface area contributed by atoms with Gasteiger partial charge in [0.1, 0.15) is 0 Å². The molecule has 1 saturated carbocycles. The molecule has 1 aromatic heterocycles. The Morgan fingerprint density at radius 2 is 1.95 bits per heavy atom. The molecule has 4 nitrogen and oxygen atoms in total. The Hall–Kier alpha value is -1.33. The molecule has 1 fully saturated rings. The van der Waals surface area contributed by atoms with Gasteiger partial charge in [-0.05, 0) is 43.5 Å². The maximum absolute atomic E-state index is 5.55. The van der Waals surface area contributed by atoms with Crippen molar-refractivity contribution in [3.63, 3.8) is 0 Å². The lowest BCUT2D eigenvalue weighted by Crippen LogP contribution is -2.02. The summed E-state index contributed by atoms with van der Waals surface area (Å²) in [5.41, 5.74) is 7.76. The maximum Gasteiger partial charge on any atom is 0.257 e. The first-order valence-electron chi connectivity index (χ1n) is 7.59. The summed E-state index contributed by atoms with van der Waals surface area (Å²) in [7, 11) is 0. The van der Waals surface area contributed by atoms with Crippen LogP contribution in [-0.4, -0.2) is 21.9 Å². The van der Waals surface area contributed by atoms with Crippen LogP contribution in [0.25, 0.3) is 11.5 Å². The van der Waals surface area contributed by atoms with Crippen molar-refractivity contribution >= 4 is 11.8 Å². The van der Waals surface area contributed by atoms with Crippen molar-refractivity contribution in [3.05, 3.63) is 35.7 Å². The average Bonchev–Trinajstić information content (AvgIpc) is 3.18. The Labute approximate surface area is 129 Å². The highest BCUT2D eigenvalue weighted by molar-refractivity contribution is 7.99. The third-order valence-corrected chi connectivity index (χ3v) is 5.22. The molecule has 0 amide bonds. The summed E-state index contributed by atoms with van der Waals surface area (Å²) in [6.07, 6.45) is 6.29. The molecular weight excluding hydrogens is 282 g/mol. The van der Waals surface area contributed by atoms with Crippen molar-refractivity contribution < 1.29 is 4.52 Å². The zero-order chi connectivity index (χ0) is 14.5. The molecule has 0 bridgehead atoms. The molecule has 0 unspecified atom stereocenters. The fraction of sp³-hybridized carbons (Fsp3) is 0.500. The normalized spacial score (nSPS) is 15.7. The summed E-state index contributed by atoms with van der Waals surface area (Å²) in [6.45, 7) is 0.669. The number of hydrogen-bond acceptors (Lipinski definition) is 5. The zero-order valence-electron chi connectivity index (χ0n) is 12.1. The first kappa shape index (κ1) is 14.6. The molecule has 1 aromatic carbocycles. The monoisotopic (exact) mass is 303 g/mol. The summed E-state index contributed by atoms with van der Waals surface area (Å²) in [6, 6.07) is 8.18. The van der Waals surface area contributed by atoms with Gasteiger partial charge in [-0.2, -0.15) is 16.7 Å². The second-order valence-corrected chi connectivity index (χ2v) is 6.76. The molecule has 112 valence electrons. The van der Waals surface area contributed by atoms with E-state index in [2.05, 4.69) is 22.3 Å². The minimum Gasteiger partial charge on any atom is -0.334 e. The number of nitrogens with zero attached hydrogens (tertiary/aromatic N) is 2. The smallest absolute Gasteiger partial charge is 0.257 e. The van der Waals surface area contributed by atoms with Gasteiger partial charge < -0.3 is 10.3 Å². The lowest BCUT2D eigenvalue weighted by Gasteiger charge is -2.04. The Morgan fingerprint density at radius 1 is 1.19 bits per heavy atom. The van der Waals surface area contributed by atoms with Gasteiger partial charge >= 0.3 is 0 Å². The molecule has 0 radical (unpaired) electrons. The van der Waals surface area contributed by atoms with Crippen LogP contribution < -0.4 is 5.73 Å². The van der Waals surface area contributed by atoms with Crippen LogP contribution in [0.1, 0.15) is 37.1 Å². The van der Waals surface area contributed by atoms with E-state index in [0.717, 1.165) is 28.8 Å². The Bertz CT molecular complexity index is 561. The van der Waals surface area contributed by atoms with Crippen LogP contribution in [0.3, 0.4) is 0 Å². The second kappa shape index (κ2) is 7.09. The predicted octanol–water partition coefficient (Wildman–Crippen LogP) is 3.41. The Balaban J connectivity index is 1.60. The lowest BCUT2D eigenvalue weighted by atomic mass is 10.1. The van der Waals surface area contributed by atoms with Crippen LogP contribution in [0.5, 0.6) is 0 Å². The van der Waals surface area contributed by atoms with E-state index in [0.29, 0.717) is 12.4 Å². The predicted molar refractivity (Wildman–Crippen MR) is 86.0 cm³/mol. The highest BCUT2D eigenvalue weighted by Gasteiger charge is 2.17. The van der Waals surface area contributed by atoms with Crippen LogP contribution >= 0.6 is 11.8 Å². The van der Waals surface area contributed by atoms with Crippen LogP contribution in [0, 0.1) is 0 Å². The van der Waals surface area contributed by atoms with Gasteiger partial charge in [0.2, 0.25) is 0 Å². The Morgan fingerprint density at radius 3 is 2.67 bits per heavy atom. The van der Waals surface area contributed by atoms with E-state index in [1.54, 1.807) is 0 Å². The molecule has 21 heavy (non-hydrogen) atoms. The summed E-state index contributed by atoms with van der Waals surface area (Å²) >= 11 is 1.96. The van der Waals surface area contributed by atoms with Gasteiger partial charge in [0.25, 0.3) is 5.89 Å². The molecule has 0 aliphatic heterocycles. The first-order chi connectivity index (χ1) is 10.3. The highest BCUT2D eigenvalue weighted by atomic mass is 32.2. The second-order valence-electron chi connectivity index (χ2n) is 5.47. The van der Waals surface area contributed by atoms with Crippen molar-refractivity contribution in [2.24, 2.45) is 5.73 Å². The summed E-state index contributed by atoms with van der Waals surface area (Å²) in [5, 5.41) is 4.87. The molecule has 1 aliphatic carbocycles. The number of aromatic nitrogens is 2. The molecule has 2 N–H and O–H groups in total. The maximum atomic E-state index is 5.55. The average molecular weight is 303 g/mol. The molecule has 0 spiro atoms. The van der Waals surface area contributed by atoms with E-state index < -0.39 is 0 Å². The van der Waals surface area contributed by atoms with Gasteiger partial charge in [-0.1, -0.05) is 30.1 Å².